The fraction of sp³-hybridized carbons (Fsp3) is 0.114. The summed E-state index contributed by atoms with van der Waals surface area (Å²) in [6.07, 6.45) is 0. The Kier molecular flexibility index (Phi) is 8.43. The molecule has 2 atom stereocenters. The highest BCUT2D eigenvalue weighted by molar-refractivity contribution is 7.90. The number of carbonyl (C=O) groups excluding carboxylic acids is 1. The average molecular weight is 561 g/mol. The minimum atomic E-state index is -4.15. The van der Waals surface area contributed by atoms with E-state index in [9.17, 15) is 13.2 Å². The molecule has 0 aromatic heterocycles. The van der Waals surface area contributed by atoms with Crippen LogP contribution in [0.3, 0.4) is 0 Å². The van der Waals surface area contributed by atoms with E-state index >= 15 is 0 Å². The van der Waals surface area contributed by atoms with Crippen LogP contribution in [0.4, 0.5) is 0 Å². The quantitative estimate of drug-likeness (QED) is 0.200. The summed E-state index contributed by atoms with van der Waals surface area (Å²) in [6.45, 7) is 4.05. The molecule has 0 saturated heterocycles. The molecule has 0 fully saturated rings. The van der Waals surface area contributed by atoms with E-state index in [1.807, 2.05) is 85.8 Å². The van der Waals surface area contributed by atoms with Crippen molar-refractivity contribution >= 4 is 15.9 Å². The van der Waals surface area contributed by atoms with E-state index in [-0.39, 0.29) is 22.5 Å². The second-order valence-corrected chi connectivity index (χ2v) is 11.7. The van der Waals surface area contributed by atoms with E-state index in [4.69, 9.17) is 0 Å². The molecule has 6 heteroatoms. The van der Waals surface area contributed by atoms with Gasteiger partial charge in [0, 0.05) is 17.2 Å². The largest absolute Gasteiger partial charge is 0.300 e. The SMILES string of the molecule is Cc1cccc(-c2ccccc2S(=O)(=O)NC(=O)c2cccc(C(NC(C)c3ccccc3)c3ccccc3)c2)c1. The van der Waals surface area contributed by atoms with Gasteiger partial charge >= 0.3 is 0 Å². The third-order valence-corrected chi connectivity index (χ3v) is 8.45. The molecule has 2 unspecified atom stereocenters. The maximum Gasteiger partial charge on any atom is 0.265 e. The first-order chi connectivity index (χ1) is 19.8. The topological polar surface area (TPSA) is 75.3 Å². The lowest BCUT2D eigenvalue weighted by atomic mass is 9.95. The standard InChI is InChI=1S/C35H32N2O3S/c1-25-13-11-18-29(23-25)32-21-9-10-22-33(32)41(39,40)37-35(38)31-20-12-19-30(24-31)34(28-16-7-4-8-17-28)36-26(2)27-14-5-3-6-15-27/h3-24,26,34,36H,1-2H3,(H,37,38). The molecule has 5 aromatic carbocycles. The predicted octanol–water partition coefficient (Wildman–Crippen LogP) is 7.22. The first-order valence-corrected chi connectivity index (χ1v) is 15.0. The summed E-state index contributed by atoms with van der Waals surface area (Å²) in [4.78, 5) is 13.4. The third kappa shape index (κ3) is 6.62. The highest BCUT2D eigenvalue weighted by atomic mass is 32.2. The lowest BCUT2D eigenvalue weighted by Crippen LogP contribution is -2.31. The van der Waals surface area contributed by atoms with Crippen LogP contribution in [0.2, 0.25) is 0 Å². The Labute approximate surface area is 242 Å². The van der Waals surface area contributed by atoms with Gasteiger partial charge in [0.1, 0.15) is 0 Å². The number of nitrogens with one attached hydrogen (secondary N) is 2. The molecule has 0 aliphatic rings. The van der Waals surface area contributed by atoms with Crippen molar-refractivity contribution in [3.8, 4) is 11.1 Å². The molecule has 0 aliphatic carbocycles. The molecule has 206 valence electrons. The zero-order chi connectivity index (χ0) is 28.8. The molecule has 5 nitrogen and oxygen atoms in total. The Morgan fingerprint density at radius 2 is 1.27 bits per heavy atom. The number of hydrogen-bond donors (Lipinski definition) is 2. The molecule has 0 heterocycles. The van der Waals surface area contributed by atoms with Gasteiger partial charge in [-0.1, -0.05) is 121 Å². The first kappa shape index (κ1) is 28.0. The Balaban J connectivity index is 1.44. The van der Waals surface area contributed by atoms with Crippen molar-refractivity contribution in [2.45, 2.75) is 30.8 Å². The van der Waals surface area contributed by atoms with Gasteiger partial charge in [0.05, 0.1) is 10.9 Å². The number of carbonyl (C=O) groups is 1. The molecule has 5 rings (SSSR count). The zero-order valence-corrected chi connectivity index (χ0v) is 23.8. The van der Waals surface area contributed by atoms with Gasteiger partial charge in [-0.2, -0.15) is 0 Å². The van der Waals surface area contributed by atoms with Crippen LogP contribution in [0, 0.1) is 6.92 Å². The Bertz CT molecular complexity index is 1750. The zero-order valence-electron chi connectivity index (χ0n) is 23.0. The van der Waals surface area contributed by atoms with E-state index in [2.05, 4.69) is 29.1 Å². The summed E-state index contributed by atoms with van der Waals surface area (Å²) < 4.78 is 29.3. The van der Waals surface area contributed by atoms with Crippen LogP contribution in [0.5, 0.6) is 0 Å². The molecule has 0 bridgehead atoms. The average Bonchev–Trinajstić information content (AvgIpc) is 3.00. The summed E-state index contributed by atoms with van der Waals surface area (Å²) >= 11 is 0. The van der Waals surface area contributed by atoms with Crippen LogP contribution in [-0.4, -0.2) is 14.3 Å². The summed E-state index contributed by atoms with van der Waals surface area (Å²) in [6, 6.07) is 41.4. The molecule has 1 amide bonds. The van der Waals surface area contributed by atoms with Crippen LogP contribution in [0.1, 0.15) is 51.6 Å². The summed E-state index contributed by atoms with van der Waals surface area (Å²) in [5.41, 5.74) is 5.60. The summed E-state index contributed by atoms with van der Waals surface area (Å²) in [5.74, 6) is -0.686. The van der Waals surface area contributed by atoms with Crippen LogP contribution < -0.4 is 10.0 Å². The summed E-state index contributed by atoms with van der Waals surface area (Å²) in [7, 11) is -4.15. The molecule has 0 saturated carbocycles. The first-order valence-electron chi connectivity index (χ1n) is 13.5. The Hall–Kier alpha value is -4.52. The van der Waals surface area contributed by atoms with Crippen molar-refractivity contribution in [1.82, 2.24) is 10.0 Å². The lowest BCUT2D eigenvalue weighted by Gasteiger charge is -2.25. The van der Waals surface area contributed by atoms with E-state index in [1.165, 1.54) is 6.07 Å². The third-order valence-electron chi connectivity index (χ3n) is 7.06. The van der Waals surface area contributed by atoms with Crippen molar-refractivity contribution in [3.63, 3.8) is 0 Å². The molecule has 41 heavy (non-hydrogen) atoms. The van der Waals surface area contributed by atoms with Gasteiger partial charge < -0.3 is 0 Å². The highest BCUT2D eigenvalue weighted by Crippen LogP contribution is 2.29. The fourth-order valence-corrected chi connectivity index (χ4v) is 6.17. The van der Waals surface area contributed by atoms with Gasteiger partial charge in [0.15, 0.2) is 0 Å². The maximum atomic E-state index is 13.5. The van der Waals surface area contributed by atoms with Crippen molar-refractivity contribution in [3.05, 3.63) is 161 Å². The van der Waals surface area contributed by atoms with Gasteiger partial charge in [-0.3, -0.25) is 10.1 Å². The Morgan fingerprint density at radius 3 is 1.98 bits per heavy atom. The number of amides is 1. The molecule has 0 radical (unpaired) electrons. The van der Waals surface area contributed by atoms with Gasteiger partial charge in [0.25, 0.3) is 15.9 Å². The Morgan fingerprint density at radius 1 is 0.659 bits per heavy atom. The maximum absolute atomic E-state index is 13.5. The summed E-state index contributed by atoms with van der Waals surface area (Å²) in [5, 5.41) is 3.69. The molecular weight excluding hydrogens is 528 g/mol. The number of hydrogen-bond acceptors (Lipinski definition) is 4. The minimum Gasteiger partial charge on any atom is -0.300 e. The van der Waals surface area contributed by atoms with Gasteiger partial charge in [0.2, 0.25) is 0 Å². The van der Waals surface area contributed by atoms with Gasteiger partial charge in [-0.05, 0) is 54.3 Å². The predicted molar refractivity (Wildman–Crippen MR) is 164 cm³/mol. The lowest BCUT2D eigenvalue weighted by molar-refractivity contribution is 0.0981. The van der Waals surface area contributed by atoms with Gasteiger partial charge in [-0.15, -0.1) is 0 Å². The van der Waals surface area contributed by atoms with Crippen LogP contribution in [0.25, 0.3) is 11.1 Å². The highest BCUT2D eigenvalue weighted by Gasteiger charge is 2.24. The van der Waals surface area contributed by atoms with E-state index in [1.54, 1.807) is 36.4 Å². The van der Waals surface area contributed by atoms with Crippen LogP contribution in [-0.2, 0) is 10.0 Å². The van der Waals surface area contributed by atoms with Gasteiger partial charge in [-0.25, -0.2) is 13.1 Å². The minimum absolute atomic E-state index is 0.0254. The number of benzene rings is 5. The molecule has 2 N–H and O–H groups in total. The monoisotopic (exact) mass is 560 g/mol. The van der Waals surface area contributed by atoms with E-state index in [0.29, 0.717) is 5.56 Å². The second kappa shape index (κ2) is 12.3. The van der Waals surface area contributed by atoms with Crippen molar-refractivity contribution in [1.29, 1.82) is 0 Å². The molecular formula is C35H32N2O3S. The van der Waals surface area contributed by atoms with Crippen molar-refractivity contribution < 1.29 is 13.2 Å². The van der Waals surface area contributed by atoms with E-state index < -0.39 is 15.9 Å². The molecule has 5 aromatic rings. The van der Waals surface area contributed by atoms with Crippen molar-refractivity contribution in [2.75, 3.05) is 0 Å². The van der Waals surface area contributed by atoms with Crippen molar-refractivity contribution in [2.24, 2.45) is 0 Å². The van der Waals surface area contributed by atoms with Crippen LogP contribution in [0.15, 0.2) is 138 Å². The van der Waals surface area contributed by atoms with Crippen LogP contribution >= 0.6 is 0 Å². The second-order valence-electron chi connectivity index (χ2n) is 10.1. The normalized spacial score (nSPS) is 12.8. The number of rotatable bonds is 9. The van der Waals surface area contributed by atoms with E-state index in [0.717, 1.165) is 27.8 Å². The smallest absolute Gasteiger partial charge is 0.265 e. The number of aryl methyl sites for hydroxylation is 1. The fourth-order valence-electron chi connectivity index (χ4n) is 4.97. The molecule has 0 aliphatic heterocycles. The number of sulfonamides is 1. The molecule has 0 spiro atoms.